The Morgan fingerprint density at radius 1 is 1.06 bits per heavy atom. The molecule has 3 nitrogen and oxygen atoms in total. The number of nitrogens with zero attached hydrogens (tertiary/aromatic N) is 2. The zero-order valence-electron chi connectivity index (χ0n) is 18.7. The van der Waals surface area contributed by atoms with Crippen LogP contribution in [0.4, 0.5) is 0 Å². The van der Waals surface area contributed by atoms with Gasteiger partial charge < -0.3 is 4.90 Å². The number of carbonyl (C=O) groups is 1. The van der Waals surface area contributed by atoms with Crippen molar-refractivity contribution in [3.8, 4) is 11.1 Å². The Balaban J connectivity index is 1.54. The molecule has 4 rings (SSSR count). The first kappa shape index (κ1) is 22.7. The van der Waals surface area contributed by atoms with Crippen LogP contribution in [-0.4, -0.2) is 35.3 Å². The topological polar surface area (TPSA) is 33.2 Å². The van der Waals surface area contributed by atoms with Gasteiger partial charge in [0.05, 0.1) is 16.6 Å². The highest BCUT2D eigenvalue weighted by molar-refractivity contribution is 6.31. The van der Waals surface area contributed by atoms with Crippen molar-refractivity contribution in [3.63, 3.8) is 0 Å². The summed E-state index contributed by atoms with van der Waals surface area (Å²) in [6, 6.07) is 21.8. The lowest BCUT2D eigenvalue weighted by atomic mass is 9.84. The van der Waals surface area contributed by atoms with Gasteiger partial charge in [0.15, 0.2) is 5.78 Å². The van der Waals surface area contributed by atoms with Crippen LogP contribution in [0, 0.1) is 5.92 Å². The maximum Gasteiger partial charge on any atom is 0.171 e. The molecule has 0 amide bonds. The molecule has 0 bridgehead atoms. The Bertz CT molecular complexity index is 1020. The van der Waals surface area contributed by atoms with Gasteiger partial charge in [0.2, 0.25) is 0 Å². The van der Waals surface area contributed by atoms with Gasteiger partial charge in [0.25, 0.3) is 0 Å². The van der Waals surface area contributed by atoms with Crippen LogP contribution in [0.15, 0.2) is 72.9 Å². The van der Waals surface area contributed by atoms with Crippen LogP contribution in [0.25, 0.3) is 11.1 Å². The molecule has 2 aromatic carbocycles. The van der Waals surface area contributed by atoms with E-state index in [9.17, 15) is 4.79 Å². The lowest BCUT2D eigenvalue weighted by molar-refractivity contribution is 0.0944. The van der Waals surface area contributed by atoms with Crippen LogP contribution >= 0.6 is 11.6 Å². The Labute approximate surface area is 196 Å². The Morgan fingerprint density at radius 3 is 2.53 bits per heavy atom. The minimum Gasteiger partial charge on any atom is -0.303 e. The average molecular weight is 447 g/mol. The summed E-state index contributed by atoms with van der Waals surface area (Å²) >= 11 is 6.50. The molecule has 1 unspecified atom stereocenters. The monoisotopic (exact) mass is 446 g/mol. The number of halogens is 1. The van der Waals surface area contributed by atoms with Crippen LogP contribution in [0.3, 0.4) is 0 Å². The minimum atomic E-state index is -0.316. The number of aromatic nitrogens is 1. The van der Waals surface area contributed by atoms with Gasteiger partial charge >= 0.3 is 0 Å². The van der Waals surface area contributed by atoms with Gasteiger partial charge in [-0.1, -0.05) is 73.1 Å². The number of rotatable bonds is 8. The van der Waals surface area contributed by atoms with Crippen LogP contribution in [0.2, 0.25) is 5.02 Å². The first-order valence-electron chi connectivity index (χ1n) is 11.7. The molecule has 3 aromatic rings. The van der Waals surface area contributed by atoms with Crippen molar-refractivity contribution in [1.82, 2.24) is 9.88 Å². The zero-order chi connectivity index (χ0) is 22.3. The number of ketones is 1. The van der Waals surface area contributed by atoms with E-state index in [0.29, 0.717) is 16.6 Å². The summed E-state index contributed by atoms with van der Waals surface area (Å²) in [7, 11) is 0. The van der Waals surface area contributed by atoms with Crippen LogP contribution in [-0.2, 0) is 0 Å². The van der Waals surface area contributed by atoms with Crippen molar-refractivity contribution in [2.75, 3.05) is 19.6 Å². The summed E-state index contributed by atoms with van der Waals surface area (Å²) in [6.45, 7) is 5.63. The third-order valence-corrected chi connectivity index (χ3v) is 6.94. The number of hydrogen-bond donors (Lipinski definition) is 0. The van der Waals surface area contributed by atoms with Crippen molar-refractivity contribution in [1.29, 1.82) is 0 Å². The number of benzene rings is 2. The number of pyridine rings is 1. The summed E-state index contributed by atoms with van der Waals surface area (Å²) in [4.78, 5) is 20.7. The number of likely N-dealkylation sites (tertiary alicyclic amines) is 1. The molecule has 166 valence electrons. The van der Waals surface area contributed by atoms with E-state index in [2.05, 4.69) is 28.9 Å². The van der Waals surface area contributed by atoms with Gasteiger partial charge in [-0.3, -0.25) is 9.78 Å². The molecule has 4 heteroatoms. The second-order valence-electron chi connectivity index (χ2n) is 8.71. The summed E-state index contributed by atoms with van der Waals surface area (Å²) < 4.78 is 0. The smallest absolute Gasteiger partial charge is 0.171 e. The van der Waals surface area contributed by atoms with E-state index in [1.165, 1.54) is 19.4 Å². The number of hydrogen-bond acceptors (Lipinski definition) is 3. The number of carbonyl (C=O) groups excluding carboxylic acids is 1. The summed E-state index contributed by atoms with van der Waals surface area (Å²) in [5, 5.41) is 0.575. The third-order valence-electron chi connectivity index (χ3n) is 6.62. The molecule has 0 radical (unpaired) electrons. The molecule has 32 heavy (non-hydrogen) atoms. The van der Waals surface area contributed by atoms with Crippen LogP contribution in [0.5, 0.6) is 0 Å². The van der Waals surface area contributed by atoms with Gasteiger partial charge in [-0.25, -0.2) is 0 Å². The molecule has 0 N–H and O–H groups in total. The SMILES string of the molecule is CCN1CCC[C@@H](CCC(C(=O)c2ccc(-c3ccccc3)cc2)c2ncccc2Cl)C1. The van der Waals surface area contributed by atoms with Crippen molar-refractivity contribution >= 4 is 17.4 Å². The number of piperidine rings is 1. The fourth-order valence-corrected chi connectivity index (χ4v) is 5.03. The van der Waals surface area contributed by atoms with Crippen LogP contribution < -0.4 is 0 Å². The standard InChI is InChI=1S/C28H31ClN2O/c1-2-31-19-7-8-21(20-31)12-17-25(27-26(29)11-6-18-30-27)28(32)24-15-13-23(14-16-24)22-9-4-3-5-10-22/h3-6,9-11,13-16,18,21,25H,2,7-8,12,17,19-20H2,1H3/t21-,25?/m0/s1. The van der Waals surface area contributed by atoms with Gasteiger partial charge in [-0.15, -0.1) is 0 Å². The summed E-state index contributed by atoms with van der Waals surface area (Å²) in [6.07, 6.45) is 6.00. The van der Waals surface area contributed by atoms with E-state index < -0.39 is 0 Å². The minimum absolute atomic E-state index is 0.105. The fourth-order valence-electron chi connectivity index (χ4n) is 4.78. The first-order chi connectivity index (χ1) is 15.7. The molecule has 1 aromatic heterocycles. The van der Waals surface area contributed by atoms with Crippen LogP contribution in [0.1, 0.15) is 54.6 Å². The predicted molar refractivity (Wildman–Crippen MR) is 132 cm³/mol. The largest absolute Gasteiger partial charge is 0.303 e. The highest BCUT2D eigenvalue weighted by atomic mass is 35.5. The van der Waals surface area contributed by atoms with Gasteiger partial charge in [0, 0.05) is 18.3 Å². The first-order valence-corrected chi connectivity index (χ1v) is 12.1. The summed E-state index contributed by atoms with van der Waals surface area (Å²) in [5.74, 6) is 0.415. The van der Waals surface area contributed by atoms with E-state index in [-0.39, 0.29) is 11.7 Å². The molecule has 1 fully saturated rings. The molecule has 1 aliphatic heterocycles. The summed E-state index contributed by atoms with van der Waals surface area (Å²) in [5.41, 5.74) is 3.68. The highest BCUT2D eigenvalue weighted by Crippen LogP contribution is 2.33. The van der Waals surface area contributed by atoms with E-state index in [4.69, 9.17) is 11.6 Å². The maximum absolute atomic E-state index is 13.6. The average Bonchev–Trinajstić information content (AvgIpc) is 2.86. The predicted octanol–water partition coefficient (Wildman–Crippen LogP) is 6.88. The molecule has 0 saturated carbocycles. The quantitative estimate of drug-likeness (QED) is 0.353. The lowest BCUT2D eigenvalue weighted by Gasteiger charge is -2.32. The molecular formula is C28H31ClN2O. The Kier molecular flexibility index (Phi) is 7.72. The highest BCUT2D eigenvalue weighted by Gasteiger charge is 2.28. The van der Waals surface area contributed by atoms with E-state index in [1.807, 2.05) is 54.6 Å². The lowest BCUT2D eigenvalue weighted by Crippen LogP contribution is -2.35. The van der Waals surface area contributed by atoms with Crippen molar-refractivity contribution in [2.45, 2.75) is 38.5 Å². The second kappa shape index (κ2) is 10.9. The normalized spacial score (nSPS) is 17.8. The van der Waals surface area contributed by atoms with E-state index in [1.54, 1.807) is 6.20 Å². The van der Waals surface area contributed by atoms with Gasteiger partial charge in [0.1, 0.15) is 0 Å². The molecule has 1 saturated heterocycles. The van der Waals surface area contributed by atoms with Gasteiger partial charge in [-0.05, 0) is 68.0 Å². The van der Waals surface area contributed by atoms with E-state index >= 15 is 0 Å². The molecule has 2 heterocycles. The molecule has 2 atom stereocenters. The van der Waals surface area contributed by atoms with Crippen molar-refractivity contribution in [2.24, 2.45) is 5.92 Å². The molecule has 0 aliphatic carbocycles. The third kappa shape index (κ3) is 5.46. The number of Topliss-reactive ketones (excluding diaryl/α,β-unsaturated/α-hetero) is 1. The Morgan fingerprint density at radius 2 is 1.81 bits per heavy atom. The van der Waals surface area contributed by atoms with Gasteiger partial charge in [-0.2, -0.15) is 0 Å². The molecule has 0 spiro atoms. The molecular weight excluding hydrogens is 416 g/mol. The second-order valence-corrected chi connectivity index (χ2v) is 9.12. The van der Waals surface area contributed by atoms with E-state index in [0.717, 1.165) is 42.6 Å². The fraction of sp³-hybridized carbons (Fsp3) is 0.357. The van der Waals surface area contributed by atoms with Crippen molar-refractivity contribution in [3.05, 3.63) is 89.2 Å². The Hall–Kier alpha value is -2.49. The molecule has 1 aliphatic rings. The zero-order valence-corrected chi connectivity index (χ0v) is 19.5. The maximum atomic E-state index is 13.6. The van der Waals surface area contributed by atoms with Crippen molar-refractivity contribution < 1.29 is 4.79 Å².